The van der Waals surface area contributed by atoms with Crippen LogP contribution < -0.4 is 0 Å². The molecular weight excluding hydrogens is 581 g/mol. The molecule has 4 aromatic carbocycles. The molecule has 0 N–H and O–H groups in total. The molecule has 240 valence electrons. The van der Waals surface area contributed by atoms with E-state index in [4.69, 9.17) is 9.97 Å². The van der Waals surface area contributed by atoms with Crippen molar-refractivity contribution in [2.24, 2.45) is 17.8 Å². The van der Waals surface area contributed by atoms with Gasteiger partial charge in [-0.1, -0.05) is 127 Å². The first kappa shape index (κ1) is 31.8. The Morgan fingerprint density at radius 2 is 0.708 bits per heavy atom. The fourth-order valence-corrected chi connectivity index (χ4v) is 7.72. The Balaban J connectivity index is 0.982. The maximum Gasteiger partial charge on any atom is 0.0702 e. The van der Waals surface area contributed by atoms with Crippen LogP contribution >= 0.6 is 0 Å². The molecule has 2 unspecified atom stereocenters. The Kier molecular flexibility index (Phi) is 10.5. The quantitative estimate of drug-likeness (QED) is 0.135. The van der Waals surface area contributed by atoms with Gasteiger partial charge in [0.2, 0.25) is 0 Å². The summed E-state index contributed by atoms with van der Waals surface area (Å²) in [5, 5.41) is 0. The highest BCUT2D eigenvalue weighted by atomic mass is 14.7. The van der Waals surface area contributed by atoms with E-state index >= 15 is 0 Å². The van der Waals surface area contributed by atoms with Gasteiger partial charge in [-0.2, -0.15) is 0 Å². The van der Waals surface area contributed by atoms with E-state index in [9.17, 15) is 0 Å². The molecule has 6 aromatic rings. The molecule has 1 saturated carbocycles. The molecule has 1 fully saturated rings. The summed E-state index contributed by atoms with van der Waals surface area (Å²) >= 11 is 0. The molecule has 0 spiro atoms. The number of aryl methyl sites for hydroxylation is 3. The van der Waals surface area contributed by atoms with Gasteiger partial charge in [0, 0.05) is 23.5 Å². The normalized spacial score (nSPS) is 17.6. The van der Waals surface area contributed by atoms with Crippen LogP contribution in [-0.2, 0) is 19.3 Å². The molecule has 1 aliphatic carbocycles. The summed E-state index contributed by atoms with van der Waals surface area (Å²) in [6.07, 6.45) is 15.4. The molecule has 2 atom stereocenters. The van der Waals surface area contributed by atoms with Gasteiger partial charge >= 0.3 is 0 Å². The topological polar surface area (TPSA) is 25.8 Å². The zero-order valence-electron chi connectivity index (χ0n) is 27.9. The minimum absolute atomic E-state index is 0.765. The minimum Gasteiger partial charge on any atom is -0.256 e. The minimum atomic E-state index is 0.765. The predicted molar refractivity (Wildman–Crippen MR) is 201 cm³/mol. The first-order valence-corrected chi connectivity index (χ1v) is 17.9. The molecule has 48 heavy (non-hydrogen) atoms. The Hall–Kier alpha value is -4.82. The SMILES string of the molecule is c1ccc(-c2ccc(CCC3CC(CCc4ccc(-c5ccccc5)nc4)CC(CCc4ccc(-c5ccccc5)nc4)C3)cc2)cc1. The lowest BCUT2D eigenvalue weighted by Gasteiger charge is -2.35. The summed E-state index contributed by atoms with van der Waals surface area (Å²) in [6.45, 7) is 0. The van der Waals surface area contributed by atoms with Gasteiger partial charge in [-0.05, 0) is 115 Å². The fraction of sp³-hybridized carbons (Fsp3) is 0.261. The first-order chi connectivity index (χ1) is 23.7. The van der Waals surface area contributed by atoms with E-state index in [0.29, 0.717) is 0 Å². The smallest absolute Gasteiger partial charge is 0.0702 e. The molecule has 1 aliphatic rings. The first-order valence-electron chi connectivity index (χ1n) is 17.9. The van der Waals surface area contributed by atoms with E-state index in [1.807, 2.05) is 0 Å². The molecular formula is C46H46N2. The van der Waals surface area contributed by atoms with Crippen molar-refractivity contribution in [1.82, 2.24) is 9.97 Å². The van der Waals surface area contributed by atoms with Gasteiger partial charge in [0.1, 0.15) is 0 Å². The van der Waals surface area contributed by atoms with Crippen molar-refractivity contribution in [2.75, 3.05) is 0 Å². The highest BCUT2D eigenvalue weighted by Gasteiger charge is 2.28. The summed E-state index contributed by atoms with van der Waals surface area (Å²) in [7, 11) is 0. The lowest BCUT2D eigenvalue weighted by atomic mass is 9.70. The number of aromatic nitrogens is 2. The van der Waals surface area contributed by atoms with Crippen molar-refractivity contribution in [1.29, 1.82) is 0 Å². The number of rotatable bonds is 12. The molecule has 0 bridgehead atoms. The van der Waals surface area contributed by atoms with Crippen molar-refractivity contribution in [2.45, 2.75) is 57.8 Å². The molecule has 0 aliphatic heterocycles. The van der Waals surface area contributed by atoms with Crippen molar-refractivity contribution >= 4 is 0 Å². The van der Waals surface area contributed by atoms with Crippen LogP contribution in [0.2, 0.25) is 0 Å². The van der Waals surface area contributed by atoms with E-state index in [2.05, 4.69) is 152 Å². The average Bonchev–Trinajstić information content (AvgIpc) is 3.17. The van der Waals surface area contributed by atoms with E-state index in [0.717, 1.165) is 48.4 Å². The summed E-state index contributed by atoms with van der Waals surface area (Å²) in [4.78, 5) is 9.63. The van der Waals surface area contributed by atoms with E-state index in [1.165, 1.54) is 77.5 Å². The molecule has 2 heterocycles. The maximum atomic E-state index is 4.81. The second kappa shape index (κ2) is 15.8. The average molecular weight is 627 g/mol. The van der Waals surface area contributed by atoms with Crippen LogP contribution in [0.1, 0.15) is 55.2 Å². The number of hydrogen-bond acceptors (Lipinski definition) is 2. The summed E-state index contributed by atoms with van der Waals surface area (Å²) in [6, 6.07) is 49.9. The monoisotopic (exact) mass is 626 g/mol. The van der Waals surface area contributed by atoms with Crippen LogP contribution in [0.5, 0.6) is 0 Å². The van der Waals surface area contributed by atoms with Gasteiger partial charge in [0.25, 0.3) is 0 Å². The van der Waals surface area contributed by atoms with Crippen LogP contribution in [0.4, 0.5) is 0 Å². The third kappa shape index (κ3) is 8.55. The summed E-state index contributed by atoms with van der Waals surface area (Å²) in [5.41, 5.74) is 11.2. The zero-order chi connectivity index (χ0) is 32.4. The number of nitrogens with zero attached hydrogens (tertiary/aromatic N) is 2. The van der Waals surface area contributed by atoms with Gasteiger partial charge in [-0.3, -0.25) is 9.97 Å². The molecule has 0 saturated heterocycles. The standard InChI is InChI=1S/C46H46N2/c1-4-10-41(11-5-1)42-26-22-35(23-27-42)16-19-38-30-39(20-17-36-24-28-45(47-33-36)43-12-6-2-7-13-43)32-40(31-38)21-18-37-25-29-46(48-34-37)44-14-8-3-9-15-44/h1-15,22-29,33-34,38-40H,16-21,30-32H2. The van der Waals surface area contributed by atoms with E-state index in [1.54, 1.807) is 0 Å². The lowest BCUT2D eigenvalue weighted by Crippen LogP contribution is -2.24. The number of hydrogen-bond donors (Lipinski definition) is 0. The van der Waals surface area contributed by atoms with Gasteiger partial charge in [-0.25, -0.2) is 0 Å². The molecule has 7 rings (SSSR count). The zero-order valence-corrected chi connectivity index (χ0v) is 27.9. The van der Waals surface area contributed by atoms with E-state index in [-0.39, 0.29) is 0 Å². The number of benzene rings is 4. The van der Waals surface area contributed by atoms with Crippen molar-refractivity contribution in [3.05, 3.63) is 169 Å². The molecule has 2 nitrogen and oxygen atoms in total. The van der Waals surface area contributed by atoms with Crippen LogP contribution in [0.3, 0.4) is 0 Å². The molecule has 2 aromatic heterocycles. The second-order valence-electron chi connectivity index (χ2n) is 13.8. The Morgan fingerprint density at radius 3 is 1.10 bits per heavy atom. The maximum absolute atomic E-state index is 4.81. The Labute approximate surface area is 287 Å². The van der Waals surface area contributed by atoms with Crippen LogP contribution in [0.25, 0.3) is 33.6 Å². The third-order valence-electron chi connectivity index (χ3n) is 10.4. The second-order valence-corrected chi connectivity index (χ2v) is 13.8. The highest BCUT2D eigenvalue weighted by molar-refractivity contribution is 5.63. The fourth-order valence-electron chi connectivity index (χ4n) is 7.72. The number of pyridine rings is 2. The summed E-state index contributed by atoms with van der Waals surface area (Å²) < 4.78 is 0. The van der Waals surface area contributed by atoms with Crippen LogP contribution in [0, 0.1) is 17.8 Å². The Morgan fingerprint density at radius 1 is 0.354 bits per heavy atom. The van der Waals surface area contributed by atoms with Gasteiger partial charge in [-0.15, -0.1) is 0 Å². The van der Waals surface area contributed by atoms with Gasteiger partial charge < -0.3 is 0 Å². The molecule has 0 amide bonds. The summed E-state index contributed by atoms with van der Waals surface area (Å²) in [5.74, 6) is 2.31. The largest absolute Gasteiger partial charge is 0.256 e. The lowest BCUT2D eigenvalue weighted by molar-refractivity contribution is 0.172. The predicted octanol–water partition coefficient (Wildman–Crippen LogP) is 11.7. The highest BCUT2D eigenvalue weighted by Crippen LogP contribution is 2.40. The molecule has 2 heteroatoms. The molecule has 0 radical (unpaired) electrons. The van der Waals surface area contributed by atoms with Gasteiger partial charge in [0.15, 0.2) is 0 Å². The third-order valence-corrected chi connectivity index (χ3v) is 10.4. The van der Waals surface area contributed by atoms with Crippen molar-refractivity contribution < 1.29 is 0 Å². The Bertz CT molecular complexity index is 1590. The van der Waals surface area contributed by atoms with Gasteiger partial charge in [0.05, 0.1) is 11.4 Å². The van der Waals surface area contributed by atoms with Crippen molar-refractivity contribution in [3.8, 4) is 33.6 Å². The van der Waals surface area contributed by atoms with Crippen LogP contribution in [-0.4, -0.2) is 9.97 Å². The van der Waals surface area contributed by atoms with Crippen molar-refractivity contribution in [3.63, 3.8) is 0 Å². The van der Waals surface area contributed by atoms with Crippen LogP contribution in [0.15, 0.2) is 152 Å². The van der Waals surface area contributed by atoms with E-state index < -0.39 is 0 Å².